The van der Waals surface area contributed by atoms with Crippen LogP contribution in [0.3, 0.4) is 0 Å². The maximum atomic E-state index is 12.0. The molecule has 23 heavy (non-hydrogen) atoms. The number of rotatable bonds is 4. The Kier molecular flexibility index (Phi) is 5.12. The summed E-state index contributed by atoms with van der Waals surface area (Å²) < 4.78 is 6.81. The van der Waals surface area contributed by atoms with E-state index >= 15 is 0 Å². The van der Waals surface area contributed by atoms with Gasteiger partial charge in [0.05, 0.1) is 31.6 Å². The molecule has 1 N–H and O–H groups in total. The molecular weight excluding hydrogens is 341 g/mol. The van der Waals surface area contributed by atoms with Crippen molar-refractivity contribution in [3.05, 3.63) is 35.0 Å². The van der Waals surface area contributed by atoms with Gasteiger partial charge in [-0.05, 0) is 12.1 Å². The van der Waals surface area contributed by atoms with Crippen LogP contribution >= 0.6 is 23.2 Å². The van der Waals surface area contributed by atoms with Gasteiger partial charge in [-0.25, -0.2) is 9.97 Å². The quantitative estimate of drug-likeness (QED) is 0.905. The van der Waals surface area contributed by atoms with Gasteiger partial charge in [0.1, 0.15) is 12.1 Å². The second-order valence-electron chi connectivity index (χ2n) is 5.04. The highest BCUT2D eigenvalue weighted by Gasteiger charge is 2.14. The van der Waals surface area contributed by atoms with Gasteiger partial charge in [0.2, 0.25) is 5.91 Å². The van der Waals surface area contributed by atoms with Gasteiger partial charge in [-0.3, -0.25) is 14.3 Å². The van der Waals surface area contributed by atoms with Gasteiger partial charge >= 0.3 is 0 Å². The number of morpholine rings is 1. The molecule has 2 aromatic rings. The number of carbonyl (C=O) groups is 1. The van der Waals surface area contributed by atoms with E-state index in [1.54, 1.807) is 22.9 Å². The summed E-state index contributed by atoms with van der Waals surface area (Å²) in [7, 11) is 0. The summed E-state index contributed by atoms with van der Waals surface area (Å²) in [4.78, 5) is 22.2. The molecule has 0 unspecified atom stereocenters. The average Bonchev–Trinajstić information content (AvgIpc) is 2.89. The van der Waals surface area contributed by atoms with Gasteiger partial charge in [0.15, 0.2) is 10.3 Å². The Morgan fingerprint density at radius 3 is 2.65 bits per heavy atom. The molecule has 1 saturated heterocycles. The van der Waals surface area contributed by atoms with Crippen molar-refractivity contribution in [3.63, 3.8) is 0 Å². The highest BCUT2D eigenvalue weighted by atomic mass is 35.5. The van der Waals surface area contributed by atoms with Crippen molar-refractivity contribution < 1.29 is 9.53 Å². The molecule has 3 heterocycles. The Morgan fingerprint density at radius 1 is 1.26 bits per heavy atom. The van der Waals surface area contributed by atoms with Crippen LogP contribution in [0, 0.1) is 0 Å². The molecule has 7 nitrogen and oxygen atoms in total. The van der Waals surface area contributed by atoms with E-state index in [-0.39, 0.29) is 11.1 Å². The number of nitrogens with zero attached hydrogens (tertiary/aromatic N) is 4. The summed E-state index contributed by atoms with van der Waals surface area (Å²) in [6.07, 6.45) is 3.06. The molecule has 0 bridgehead atoms. The van der Waals surface area contributed by atoms with Gasteiger partial charge in [0.25, 0.3) is 0 Å². The van der Waals surface area contributed by atoms with E-state index in [2.05, 4.69) is 15.3 Å². The Bertz CT molecular complexity index is 683. The predicted molar refractivity (Wildman–Crippen MR) is 87.3 cm³/mol. The molecular formula is C14H15Cl2N5O2. The van der Waals surface area contributed by atoms with Crippen LogP contribution in [0.5, 0.6) is 0 Å². The van der Waals surface area contributed by atoms with Crippen molar-refractivity contribution in [2.75, 3.05) is 38.2 Å². The number of hydrogen-bond acceptors (Lipinski definition) is 5. The Hall–Kier alpha value is -1.67. The largest absolute Gasteiger partial charge is 0.379 e. The zero-order chi connectivity index (χ0) is 16.2. The molecule has 0 spiro atoms. The number of halogens is 2. The number of imidazole rings is 1. The molecule has 9 heteroatoms. The number of pyridine rings is 1. The van der Waals surface area contributed by atoms with E-state index in [1.165, 1.54) is 6.33 Å². The van der Waals surface area contributed by atoms with E-state index in [9.17, 15) is 4.79 Å². The van der Waals surface area contributed by atoms with E-state index in [1.807, 2.05) is 4.90 Å². The lowest BCUT2D eigenvalue weighted by Crippen LogP contribution is -2.41. The summed E-state index contributed by atoms with van der Waals surface area (Å²) in [5, 5.41) is 3.33. The molecule has 0 aromatic carbocycles. The molecule has 1 aliphatic heterocycles. The van der Waals surface area contributed by atoms with Crippen LogP contribution in [-0.2, 0) is 9.53 Å². The minimum Gasteiger partial charge on any atom is -0.379 e. The number of anilines is 1. The van der Waals surface area contributed by atoms with E-state index in [0.717, 1.165) is 13.1 Å². The number of ether oxygens (including phenoxy) is 1. The average molecular weight is 356 g/mol. The highest BCUT2D eigenvalue weighted by molar-refractivity contribution is 6.40. The standard InChI is InChI=1S/C14H15Cl2N5O2/c15-13-14(16)21(9-18-13)11-2-1-10(7-17-11)19-12(22)8-20-3-5-23-6-4-20/h1-2,7,9H,3-6,8H2,(H,19,22). The normalized spacial score (nSPS) is 15.6. The van der Waals surface area contributed by atoms with Gasteiger partial charge in [-0.1, -0.05) is 23.2 Å². The van der Waals surface area contributed by atoms with Crippen LogP contribution in [0.2, 0.25) is 10.3 Å². The lowest BCUT2D eigenvalue weighted by atomic mass is 10.3. The zero-order valence-corrected chi connectivity index (χ0v) is 13.7. The summed E-state index contributed by atoms with van der Waals surface area (Å²) in [5.41, 5.74) is 0.620. The number of hydrogen-bond donors (Lipinski definition) is 1. The topological polar surface area (TPSA) is 72.3 Å². The van der Waals surface area contributed by atoms with E-state index in [0.29, 0.717) is 36.4 Å². The Morgan fingerprint density at radius 2 is 2.04 bits per heavy atom. The van der Waals surface area contributed by atoms with Crippen LogP contribution in [0.4, 0.5) is 5.69 Å². The third-order valence-electron chi connectivity index (χ3n) is 3.42. The number of carbonyl (C=O) groups excluding carboxylic acids is 1. The molecule has 0 aliphatic carbocycles. The summed E-state index contributed by atoms with van der Waals surface area (Å²) >= 11 is 11.8. The maximum Gasteiger partial charge on any atom is 0.238 e. The second-order valence-corrected chi connectivity index (χ2v) is 5.75. The first-order chi connectivity index (χ1) is 11.1. The first-order valence-corrected chi connectivity index (χ1v) is 7.84. The third kappa shape index (κ3) is 4.00. The van der Waals surface area contributed by atoms with Crippen LogP contribution in [-0.4, -0.2) is 58.2 Å². The Balaban J connectivity index is 1.61. The minimum atomic E-state index is -0.0786. The molecule has 1 fully saturated rings. The smallest absolute Gasteiger partial charge is 0.238 e. The van der Waals surface area contributed by atoms with Crippen LogP contribution in [0.15, 0.2) is 24.7 Å². The molecule has 0 saturated carbocycles. The van der Waals surface area contributed by atoms with Gasteiger partial charge < -0.3 is 10.1 Å². The van der Waals surface area contributed by atoms with E-state index in [4.69, 9.17) is 27.9 Å². The molecule has 122 valence electrons. The lowest BCUT2D eigenvalue weighted by molar-refractivity contribution is -0.118. The SMILES string of the molecule is O=C(CN1CCOCC1)Nc1ccc(-n2cnc(Cl)c2Cl)nc1. The van der Waals surface area contributed by atoms with Crippen molar-refractivity contribution in [1.29, 1.82) is 0 Å². The molecule has 2 aromatic heterocycles. The molecule has 1 aliphatic rings. The minimum absolute atomic E-state index is 0.0786. The second kappa shape index (κ2) is 7.27. The van der Waals surface area contributed by atoms with Crippen molar-refractivity contribution in [2.45, 2.75) is 0 Å². The number of nitrogens with one attached hydrogen (secondary N) is 1. The fourth-order valence-electron chi connectivity index (χ4n) is 2.24. The summed E-state index contributed by atoms with van der Waals surface area (Å²) in [6.45, 7) is 3.21. The van der Waals surface area contributed by atoms with Crippen LogP contribution in [0.25, 0.3) is 5.82 Å². The highest BCUT2D eigenvalue weighted by Crippen LogP contribution is 2.23. The Labute approximate surface area is 143 Å². The van der Waals surface area contributed by atoms with Gasteiger partial charge in [-0.2, -0.15) is 0 Å². The first-order valence-electron chi connectivity index (χ1n) is 7.08. The fourth-order valence-corrected chi connectivity index (χ4v) is 2.55. The van der Waals surface area contributed by atoms with E-state index < -0.39 is 0 Å². The fraction of sp³-hybridized carbons (Fsp3) is 0.357. The van der Waals surface area contributed by atoms with Gasteiger partial charge in [-0.15, -0.1) is 0 Å². The summed E-state index contributed by atoms with van der Waals surface area (Å²) in [5.74, 6) is 0.491. The molecule has 0 radical (unpaired) electrons. The van der Waals surface area contributed by atoms with Crippen molar-refractivity contribution in [2.24, 2.45) is 0 Å². The van der Waals surface area contributed by atoms with Crippen molar-refractivity contribution in [3.8, 4) is 5.82 Å². The summed E-state index contributed by atoms with van der Waals surface area (Å²) in [6, 6.07) is 3.48. The third-order valence-corrected chi connectivity index (χ3v) is 4.15. The lowest BCUT2D eigenvalue weighted by Gasteiger charge is -2.25. The molecule has 1 amide bonds. The zero-order valence-electron chi connectivity index (χ0n) is 12.2. The van der Waals surface area contributed by atoms with Crippen LogP contribution < -0.4 is 5.32 Å². The monoisotopic (exact) mass is 355 g/mol. The first kappa shape index (κ1) is 16.2. The van der Waals surface area contributed by atoms with Crippen molar-refractivity contribution >= 4 is 34.8 Å². The van der Waals surface area contributed by atoms with Crippen molar-refractivity contribution in [1.82, 2.24) is 19.4 Å². The van der Waals surface area contributed by atoms with Crippen LogP contribution in [0.1, 0.15) is 0 Å². The number of aromatic nitrogens is 3. The maximum absolute atomic E-state index is 12.0. The number of amides is 1. The predicted octanol–water partition coefficient (Wildman–Crippen LogP) is 1.84. The molecule has 0 atom stereocenters. The molecule has 3 rings (SSSR count). The van der Waals surface area contributed by atoms with Gasteiger partial charge in [0, 0.05) is 13.1 Å².